The summed E-state index contributed by atoms with van der Waals surface area (Å²) in [6.07, 6.45) is 10.6. The molecule has 0 N–H and O–H groups in total. The van der Waals surface area contributed by atoms with Crippen LogP contribution in [0.25, 0.3) is 6.08 Å². The molecule has 0 saturated carbocycles. The molecule has 1 aromatic carbocycles. The van der Waals surface area contributed by atoms with Crippen LogP contribution in [0.4, 0.5) is 0 Å². The molecule has 0 bridgehead atoms. The van der Waals surface area contributed by atoms with Crippen LogP contribution in [-0.2, 0) is 23.2 Å². The molecular weight excluding hydrogens is 342 g/mol. The Balaban J connectivity index is 0.000000810. The Morgan fingerprint density at radius 2 is 1.89 bits per heavy atom. The fourth-order valence-corrected chi connectivity index (χ4v) is 6.12. The molecule has 0 radical (unpaired) electrons. The van der Waals surface area contributed by atoms with Crippen molar-refractivity contribution in [1.82, 2.24) is 0 Å². The molecule has 0 spiro atoms. The Bertz CT molecular complexity index is 515. The van der Waals surface area contributed by atoms with Crippen molar-refractivity contribution in [3.8, 4) is 0 Å². The van der Waals surface area contributed by atoms with E-state index in [0.717, 1.165) is 3.63 Å². The topological polar surface area (TPSA) is 0 Å². The Kier molecular flexibility index (Phi) is 6.11. The minimum atomic E-state index is -0.464. The Morgan fingerprint density at radius 1 is 1.11 bits per heavy atom. The second kappa shape index (κ2) is 6.89. The fourth-order valence-electron chi connectivity index (χ4n) is 2.35. The van der Waals surface area contributed by atoms with Gasteiger partial charge in [-0.25, -0.2) is 0 Å². The van der Waals surface area contributed by atoms with Crippen LogP contribution in [0.2, 0.25) is 0 Å². The first kappa shape index (κ1) is 16.0. The Hall–Kier alpha value is -0.0969. The first-order valence-corrected chi connectivity index (χ1v) is 8.39. The van der Waals surface area contributed by atoms with E-state index in [1.54, 1.807) is 14.4 Å². The van der Waals surface area contributed by atoms with Crippen LogP contribution in [0.15, 0.2) is 51.3 Å². The monoisotopic (exact) mass is 354 g/mol. The third-order valence-corrected chi connectivity index (χ3v) is 7.62. The zero-order valence-corrected chi connectivity index (χ0v) is 14.1. The number of benzene rings is 1. The molecule has 0 heterocycles. The first-order chi connectivity index (χ1) is 7.84. The van der Waals surface area contributed by atoms with E-state index in [1.807, 2.05) is 0 Å². The van der Waals surface area contributed by atoms with Gasteiger partial charge in [0.2, 0.25) is 0 Å². The van der Waals surface area contributed by atoms with Crippen LogP contribution in [0.1, 0.15) is 28.1 Å². The third kappa shape index (κ3) is 3.07. The van der Waals surface area contributed by atoms with E-state index in [4.69, 9.17) is 0 Å². The van der Waals surface area contributed by atoms with Crippen LogP contribution in [-0.4, -0.2) is 0 Å². The van der Waals surface area contributed by atoms with Crippen LogP contribution in [0.5, 0.6) is 0 Å². The number of fused-ring (bicyclic) bond motifs is 1. The number of halogens is 2. The molecular formula is C15H14Cl2Zr. The third-order valence-electron chi connectivity index (χ3n) is 3.29. The van der Waals surface area contributed by atoms with E-state index in [2.05, 4.69) is 55.5 Å². The molecule has 0 amide bonds. The van der Waals surface area contributed by atoms with Crippen LogP contribution in [0.3, 0.4) is 0 Å². The summed E-state index contributed by atoms with van der Waals surface area (Å²) in [7, 11) is 0. The van der Waals surface area contributed by atoms with Gasteiger partial charge in [0.1, 0.15) is 0 Å². The summed E-state index contributed by atoms with van der Waals surface area (Å²) in [6, 6.07) is 8.85. The van der Waals surface area contributed by atoms with E-state index in [-0.39, 0.29) is 24.8 Å². The fraction of sp³-hybridized carbons (Fsp3) is 0.200. The summed E-state index contributed by atoms with van der Waals surface area (Å²) in [4.78, 5) is 0. The minimum absolute atomic E-state index is 0. The van der Waals surface area contributed by atoms with Gasteiger partial charge in [0.25, 0.3) is 0 Å². The molecule has 3 rings (SSSR count). The number of rotatable bonds is 2. The molecule has 1 unspecified atom stereocenters. The Morgan fingerprint density at radius 3 is 2.61 bits per heavy atom. The largest absolute Gasteiger partial charge is 1.00 e. The summed E-state index contributed by atoms with van der Waals surface area (Å²) in [5.41, 5.74) is 4.56. The predicted molar refractivity (Wildman–Crippen MR) is 64.7 cm³/mol. The van der Waals surface area contributed by atoms with Gasteiger partial charge in [-0.3, -0.25) is 0 Å². The average molecular weight is 356 g/mol. The molecule has 1 atom stereocenters. The van der Waals surface area contributed by atoms with Gasteiger partial charge in [-0.05, 0) is 0 Å². The summed E-state index contributed by atoms with van der Waals surface area (Å²) < 4.78 is 2.54. The maximum absolute atomic E-state index is 2.43. The predicted octanol–water partition coefficient (Wildman–Crippen LogP) is -1.92. The van der Waals surface area contributed by atoms with Gasteiger partial charge < -0.3 is 24.8 Å². The number of hydrogen-bond acceptors (Lipinski definition) is 0. The van der Waals surface area contributed by atoms with E-state index >= 15 is 0 Å². The average Bonchev–Trinajstić information content (AvgIpc) is 2.88. The zero-order chi connectivity index (χ0) is 11.0. The van der Waals surface area contributed by atoms with Gasteiger partial charge >= 0.3 is 109 Å². The van der Waals surface area contributed by atoms with Gasteiger partial charge in [-0.15, -0.1) is 0 Å². The molecule has 0 nitrogen and oxygen atoms in total. The standard InChI is InChI=1S/C9H7.C6H7.2ClH.Zr/c1-2-5-9-7-3-6-8(9)4-1;1-6-4-2-3-5-6;;;/h1-7H;2,4H,3H2,1H3;2*1H;/q;;;;+2/p-2. The molecule has 2 aliphatic carbocycles. The van der Waals surface area contributed by atoms with E-state index in [9.17, 15) is 0 Å². The van der Waals surface area contributed by atoms with Crippen molar-refractivity contribution in [1.29, 1.82) is 0 Å². The van der Waals surface area contributed by atoms with Crippen LogP contribution < -0.4 is 24.8 Å². The second-order valence-corrected chi connectivity index (χ2v) is 8.10. The van der Waals surface area contributed by atoms with Crippen molar-refractivity contribution in [3.63, 3.8) is 0 Å². The number of allylic oxidation sites excluding steroid dienone is 5. The van der Waals surface area contributed by atoms with Gasteiger partial charge in [0.15, 0.2) is 0 Å². The maximum atomic E-state index is 2.43. The van der Waals surface area contributed by atoms with Crippen molar-refractivity contribution >= 4 is 6.08 Å². The molecule has 2 aliphatic rings. The molecule has 92 valence electrons. The van der Waals surface area contributed by atoms with Gasteiger partial charge in [-0.2, -0.15) is 0 Å². The molecule has 0 fully saturated rings. The van der Waals surface area contributed by atoms with E-state index < -0.39 is 23.2 Å². The van der Waals surface area contributed by atoms with Crippen molar-refractivity contribution in [3.05, 3.63) is 62.5 Å². The smallest absolute Gasteiger partial charge is 1.00 e. The molecule has 0 saturated heterocycles. The molecule has 18 heavy (non-hydrogen) atoms. The maximum Gasteiger partial charge on any atom is -1.00 e. The summed E-state index contributed by atoms with van der Waals surface area (Å²) >= 11 is -0.464. The van der Waals surface area contributed by atoms with Crippen LogP contribution in [0, 0.1) is 0 Å². The quantitative estimate of drug-likeness (QED) is 0.580. The molecule has 0 aromatic heterocycles. The van der Waals surface area contributed by atoms with Crippen molar-refractivity contribution in [2.45, 2.75) is 17.0 Å². The van der Waals surface area contributed by atoms with Crippen molar-refractivity contribution in [2.24, 2.45) is 0 Å². The van der Waals surface area contributed by atoms with Gasteiger partial charge in [0.05, 0.1) is 0 Å². The summed E-state index contributed by atoms with van der Waals surface area (Å²) in [5, 5.41) is 0. The minimum Gasteiger partial charge on any atom is -1.00 e. The first-order valence-electron chi connectivity index (χ1n) is 5.74. The molecule has 0 aliphatic heterocycles. The van der Waals surface area contributed by atoms with Gasteiger partial charge in [0, 0.05) is 0 Å². The van der Waals surface area contributed by atoms with E-state index in [1.165, 1.54) is 12.0 Å². The molecule has 3 heteroatoms. The van der Waals surface area contributed by atoms with Gasteiger partial charge in [-0.1, -0.05) is 0 Å². The SMILES string of the molecule is CC1=[C]([Zr+2][CH]2C=Cc3ccccc32)CC=C1.[Cl-].[Cl-]. The molecule has 1 aromatic rings. The van der Waals surface area contributed by atoms with Crippen molar-refractivity contribution < 1.29 is 48.0 Å². The normalized spacial score (nSPS) is 19.1. The second-order valence-electron chi connectivity index (χ2n) is 4.38. The summed E-state index contributed by atoms with van der Waals surface area (Å²) in [6.45, 7) is 2.27. The van der Waals surface area contributed by atoms with Crippen molar-refractivity contribution in [2.75, 3.05) is 0 Å². The van der Waals surface area contributed by atoms with E-state index in [0.29, 0.717) is 0 Å². The van der Waals surface area contributed by atoms with Crippen LogP contribution >= 0.6 is 0 Å². The Labute approximate surface area is 133 Å². The zero-order valence-electron chi connectivity index (χ0n) is 10.2. The summed E-state index contributed by atoms with van der Waals surface area (Å²) in [5.74, 6) is 0. The number of hydrogen-bond donors (Lipinski definition) is 0.